The SMILES string of the molecule is C=C1CC[C@H](N)c2ccccc21. The van der Waals surface area contributed by atoms with Crippen LogP contribution in [0.1, 0.15) is 30.0 Å². The van der Waals surface area contributed by atoms with E-state index in [1.165, 1.54) is 16.7 Å². The second-order valence-corrected chi connectivity index (χ2v) is 3.34. The minimum Gasteiger partial charge on any atom is -0.324 e. The molecule has 1 aliphatic carbocycles. The molecule has 1 aromatic carbocycles. The summed E-state index contributed by atoms with van der Waals surface area (Å²) in [6, 6.07) is 8.51. The molecule has 0 bridgehead atoms. The molecule has 62 valence electrons. The van der Waals surface area contributed by atoms with Crippen molar-refractivity contribution in [3.05, 3.63) is 42.0 Å². The number of rotatable bonds is 0. The van der Waals surface area contributed by atoms with Crippen molar-refractivity contribution in [1.29, 1.82) is 0 Å². The van der Waals surface area contributed by atoms with Crippen LogP contribution in [0.25, 0.3) is 5.57 Å². The zero-order valence-electron chi connectivity index (χ0n) is 7.09. The molecular formula is C11H13N. The number of allylic oxidation sites excluding steroid dienone is 1. The van der Waals surface area contributed by atoms with Crippen molar-refractivity contribution >= 4 is 5.57 Å². The van der Waals surface area contributed by atoms with Crippen LogP contribution in [-0.4, -0.2) is 0 Å². The highest BCUT2D eigenvalue weighted by atomic mass is 14.6. The molecule has 1 nitrogen and oxygen atoms in total. The van der Waals surface area contributed by atoms with Gasteiger partial charge in [-0.05, 0) is 29.5 Å². The van der Waals surface area contributed by atoms with Crippen LogP contribution in [0.4, 0.5) is 0 Å². The van der Waals surface area contributed by atoms with Crippen molar-refractivity contribution in [3.8, 4) is 0 Å². The Morgan fingerprint density at radius 3 is 2.83 bits per heavy atom. The molecular weight excluding hydrogens is 146 g/mol. The largest absolute Gasteiger partial charge is 0.324 e. The Morgan fingerprint density at radius 2 is 2.08 bits per heavy atom. The molecule has 1 aliphatic rings. The Balaban J connectivity index is 2.55. The van der Waals surface area contributed by atoms with Gasteiger partial charge in [-0.2, -0.15) is 0 Å². The average molecular weight is 159 g/mol. The Hall–Kier alpha value is -1.08. The van der Waals surface area contributed by atoms with Crippen LogP contribution in [-0.2, 0) is 0 Å². The summed E-state index contributed by atoms with van der Waals surface area (Å²) in [6.45, 7) is 4.03. The van der Waals surface area contributed by atoms with Crippen molar-refractivity contribution in [1.82, 2.24) is 0 Å². The Bertz CT molecular complexity index is 315. The molecule has 2 rings (SSSR count). The van der Waals surface area contributed by atoms with E-state index in [0.29, 0.717) is 0 Å². The fourth-order valence-electron chi connectivity index (χ4n) is 1.76. The summed E-state index contributed by atoms with van der Waals surface area (Å²) in [7, 11) is 0. The molecule has 0 spiro atoms. The van der Waals surface area contributed by atoms with Gasteiger partial charge in [0.05, 0.1) is 0 Å². The summed E-state index contributed by atoms with van der Waals surface area (Å²) < 4.78 is 0. The zero-order chi connectivity index (χ0) is 8.55. The molecule has 2 N–H and O–H groups in total. The highest BCUT2D eigenvalue weighted by Crippen LogP contribution is 2.33. The maximum atomic E-state index is 5.97. The number of hydrogen-bond acceptors (Lipinski definition) is 1. The molecule has 1 atom stereocenters. The van der Waals surface area contributed by atoms with Crippen molar-refractivity contribution in [2.24, 2.45) is 5.73 Å². The Morgan fingerprint density at radius 1 is 1.33 bits per heavy atom. The van der Waals surface area contributed by atoms with Gasteiger partial charge in [0.2, 0.25) is 0 Å². The highest BCUT2D eigenvalue weighted by Gasteiger charge is 2.17. The van der Waals surface area contributed by atoms with E-state index in [2.05, 4.69) is 18.7 Å². The third-order valence-electron chi connectivity index (χ3n) is 2.50. The molecule has 0 saturated carbocycles. The first-order valence-electron chi connectivity index (χ1n) is 4.31. The van der Waals surface area contributed by atoms with Gasteiger partial charge in [-0.3, -0.25) is 0 Å². The summed E-state index contributed by atoms with van der Waals surface area (Å²) >= 11 is 0. The number of fused-ring (bicyclic) bond motifs is 1. The van der Waals surface area contributed by atoms with Gasteiger partial charge in [0.1, 0.15) is 0 Å². The summed E-state index contributed by atoms with van der Waals surface area (Å²) in [5.74, 6) is 0. The van der Waals surface area contributed by atoms with Crippen LogP contribution in [0.15, 0.2) is 30.8 Å². The first kappa shape index (κ1) is 7.56. The molecule has 0 aliphatic heterocycles. The topological polar surface area (TPSA) is 26.0 Å². The fourth-order valence-corrected chi connectivity index (χ4v) is 1.76. The molecule has 0 radical (unpaired) electrons. The highest BCUT2D eigenvalue weighted by molar-refractivity contribution is 5.68. The zero-order valence-corrected chi connectivity index (χ0v) is 7.09. The molecule has 0 amide bonds. The van der Waals surface area contributed by atoms with Gasteiger partial charge in [-0.15, -0.1) is 0 Å². The van der Waals surface area contributed by atoms with Crippen molar-refractivity contribution < 1.29 is 0 Å². The van der Waals surface area contributed by atoms with E-state index in [9.17, 15) is 0 Å². The summed E-state index contributed by atoms with van der Waals surface area (Å²) in [5, 5.41) is 0. The maximum Gasteiger partial charge on any atom is 0.0304 e. The minimum atomic E-state index is 0.215. The van der Waals surface area contributed by atoms with Crippen LogP contribution < -0.4 is 5.73 Å². The van der Waals surface area contributed by atoms with Gasteiger partial charge in [0, 0.05) is 6.04 Å². The normalized spacial score (nSPS) is 22.1. The second kappa shape index (κ2) is 2.76. The average Bonchev–Trinajstić information content (AvgIpc) is 2.12. The summed E-state index contributed by atoms with van der Waals surface area (Å²) in [6.07, 6.45) is 2.08. The third-order valence-corrected chi connectivity index (χ3v) is 2.50. The molecule has 0 unspecified atom stereocenters. The van der Waals surface area contributed by atoms with Gasteiger partial charge in [-0.1, -0.05) is 30.8 Å². The second-order valence-electron chi connectivity index (χ2n) is 3.34. The van der Waals surface area contributed by atoms with Gasteiger partial charge in [0.25, 0.3) is 0 Å². The van der Waals surface area contributed by atoms with E-state index in [1.807, 2.05) is 12.1 Å². The molecule has 12 heavy (non-hydrogen) atoms. The standard InChI is InChI=1S/C11H13N/c1-8-6-7-11(12)10-5-3-2-4-9(8)10/h2-5,11H,1,6-7,12H2/t11-/m0/s1. The number of nitrogens with two attached hydrogens (primary N) is 1. The van der Waals surface area contributed by atoms with Gasteiger partial charge >= 0.3 is 0 Å². The summed E-state index contributed by atoms with van der Waals surface area (Å²) in [4.78, 5) is 0. The lowest BCUT2D eigenvalue weighted by Gasteiger charge is -2.23. The van der Waals surface area contributed by atoms with E-state index in [4.69, 9.17) is 5.73 Å². The van der Waals surface area contributed by atoms with E-state index in [0.717, 1.165) is 12.8 Å². The van der Waals surface area contributed by atoms with Crippen LogP contribution in [0.2, 0.25) is 0 Å². The minimum absolute atomic E-state index is 0.215. The van der Waals surface area contributed by atoms with Crippen molar-refractivity contribution in [2.45, 2.75) is 18.9 Å². The first-order valence-corrected chi connectivity index (χ1v) is 4.31. The van der Waals surface area contributed by atoms with Gasteiger partial charge in [0.15, 0.2) is 0 Å². The van der Waals surface area contributed by atoms with Gasteiger partial charge < -0.3 is 5.73 Å². The molecule has 1 heteroatoms. The van der Waals surface area contributed by atoms with E-state index < -0.39 is 0 Å². The Kier molecular flexibility index (Phi) is 1.74. The predicted octanol–water partition coefficient (Wildman–Crippen LogP) is 2.49. The molecule has 0 fully saturated rings. The smallest absolute Gasteiger partial charge is 0.0304 e. The lowest BCUT2D eigenvalue weighted by atomic mass is 9.85. The molecule has 0 aromatic heterocycles. The predicted molar refractivity (Wildman–Crippen MR) is 51.6 cm³/mol. The number of hydrogen-bond donors (Lipinski definition) is 1. The van der Waals surface area contributed by atoms with Crippen LogP contribution in [0.5, 0.6) is 0 Å². The molecule has 0 heterocycles. The fraction of sp³-hybridized carbons (Fsp3) is 0.273. The van der Waals surface area contributed by atoms with E-state index in [1.54, 1.807) is 0 Å². The van der Waals surface area contributed by atoms with Gasteiger partial charge in [-0.25, -0.2) is 0 Å². The lowest BCUT2D eigenvalue weighted by Crippen LogP contribution is -2.16. The molecule has 0 saturated heterocycles. The van der Waals surface area contributed by atoms with Crippen LogP contribution in [0.3, 0.4) is 0 Å². The van der Waals surface area contributed by atoms with Crippen molar-refractivity contribution in [3.63, 3.8) is 0 Å². The first-order chi connectivity index (χ1) is 5.79. The summed E-state index contributed by atoms with van der Waals surface area (Å²) in [5.41, 5.74) is 9.71. The third kappa shape index (κ3) is 1.07. The van der Waals surface area contributed by atoms with E-state index in [-0.39, 0.29) is 6.04 Å². The van der Waals surface area contributed by atoms with E-state index >= 15 is 0 Å². The molecule has 1 aromatic rings. The Labute approximate surface area is 72.9 Å². The van der Waals surface area contributed by atoms with Crippen LogP contribution in [0, 0.1) is 0 Å². The maximum absolute atomic E-state index is 5.97. The van der Waals surface area contributed by atoms with Crippen molar-refractivity contribution in [2.75, 3.05) is 0 Å². The number of benzene rings is 1. The van der Waals surface area contributed by atoms with Crippen LogP contribution >= 0.6 is 0 Å². The quantitative estimate of drug-likeness (QED) is 0.618. The monoisotopic (exact) mass is 159 g/mol. The lowest BCUT2D eigenvalue weighted by molar-refractivity contribution is 0.647.